The van der Waals surface area contributed by atoms with Crippen LogP contribution in [0.4, 0.5) is 5.82 Å². The molecule has 0 bridgehead atoms. The van der Waals surface area contributed by atoms with Crippen LogP contribution in [-0.2, 0) is 11.2 Å². The Morgan fingerprint density at radius 2 is 2.00 bits per heavy atom. The third-order valence-corrected chi connectivity index (χ3v) is 3.95. The summed E-state index contributed by atoms with van der Waals surface area (Å²) in [6.45, 7) is 4.93. The summed E-state index contributed by atoms with van der Waals surface area (Å²) in [5, 5.41) is 0. The molecule has 0 unspecified atom stereocenters. The number of amides is 1. The van der Waals surface area contributed by atoms with Crippen LogP contribution in [0.1, 0.15) is 25.5 Å². The van der Waals surface area contributed by atoms with Crippen LogP contribution in [-0.4, -0.2) is 47.0 Å². The van der Waals surface area contributed by atoms with Crippen molar-refractivity contribution in [2.45, 2.75) is 26.2 Å². The predicted octanol–water partition coefficient (Wildman–Crippen LogP) is 1.10. The summed E-state index contributed by atoms with van der Waals surface area (Å²) >= 11 is 0. The molecule has 102 valence electrons. The lowest BCUT2D eigenvalue weighted by Gasteiger charge is -2.34. The van der Waals surface area contributed by atoms with Crippen LogP contribution in [0.2, 0.25) is 0 Å². The Hall–Kier alpha value is -1.65. The lowest BCUT2D eigenvalue weighted by molar-refractivity contribution is -0.129. The maximum atomic E-state index is 11.3. The summed E-state index contributed by atoms with van der Waals surface area (Å²) < 4.78 is 0. The van der Waals surface area contributed by atoms with E-state index in [0.29, 0.717) is 0 Å². The molecule has 1 aromatic heterocycles. The van der Waals surface area contributed by atoms with E-state index in [0.717, 1.165) is 50.0 Å². The van der Waals surface area contributed by atoms with Gasteiger partial charge in [0.15, 0.2) is 0 Å². The number of rotatable bonds is 3. The summed E-state index contributed by atoms with van der Waals surface area (Å²) in [5.41, 5.74) is 1.15. The van der Waals surface area contributed by atoms with Gasteiger partial charge < -0.3 is 9.80 Å². The molecule has 0 aromatic carbocycles. The Morgan fingerprint density at radius 1 is 1.26 bits per heavy atom. The van der Waals surface area contributed by atoms with Crippen LogP contribution in [0.25, 0.3) is 0 Å². The van der Waals surface area contributed by atoms with Gasteiger partial charge in [0.2, 0.25) is 5.91 Å². The zero-order chi connectivity index (χ0) is 13.2. The third kappa shape index (κ3) is 3.03. The Kier molecular flexibility index (Phi) is 3.36. The maximum absolute atomic E-state index is 11.3. The minimum absolute atomic E-state index is 0.164. The molecule has 0 N–H and O–H groups in total. The third-order valence-electron chi connectivity index (χ3n) is 3.95. The highest BCUT2D eigenvalue weighted by atomic mass is 16.2. The van der Waals surface area contributed by atoms with Gasteiger partial charge in [0.05, 0.1) is 0 Å². The van der Waals surface area contributed by atoms with Gasteiger partial charge in [0.1, 0.15) is 12.1 Å². The summed E-state index contributed by atoms with van der Waals surface area (Å²) in [4.78, 5) is 24.2. The number of carbonyl (C=O) groups is 1. The average molecular weight is 260 g/mol. The summed E-state index contributed by atoms with van der Waals surface area (Å²) in [5.74, 6) is 2.02. The molecule has 1 saturated carbocycles. The first-order valence-electron chi connectivity index (χ1n) is 7.04. The molecule has 0 atom stereocenters. The average Bonchev–Trinajstić information content (AvgIpc) is 3.23. The molecule has 0 radical (unpaired) electrons. The molecule has 2 heterocycles. The van der Waals surface area contributed by atoms with E-state index < -0.39 is 0 Å². The SMILES string of the molecule is CC(=O)N1CCN(c2cc(CC3CC3)ncn2)CC1. The Morgan fingerprint density at radius 3 is 2.63 bits per heavy atom. The predicted molar refractivity (Wildman–Crippen MR) is 72.9 cm³/mol. The van der Waals surface area contributed by atoms with Crippen molar-refractivity contribution in [2.75, 3.05) is 31.1 Å². The molecule has 1 aliphatic carbocycles. The number of hydrogen-bond donors (Lipinski definition) is 0. The van der Waals surface area contributed by atoms with Crippen molar-refractivity contribution in [3.05, 3.63) is 18.1 Å². The van der Waals surface area contributed by atoms with E-state index in [-0.39, 0.29) is 5.91 Å². The monoisotopic (exact) mass is 260 g/mol. The zero-order valence-electron chi connectivity index (χ0n) is 11.4. The fraction of sp³-hybridized carbons (Fsp3) is 0.643. The Labute approximate surface area is 113 Å². The van der Waals surface area contributed by atoms with Gasteiger partial charge in [0, 0.05) is 44.9 Å². The Balaban J connectivity index is 1.64. The molecule has 3 rings (SSSR count). The molecular weight excluding hydrogens is 240 g/mol. The first kappa shape index (κ1) is 12.4. The molecule has 1 aliphatic heterocycles. The fourth-order valence-corrected chi connectivity index (χ4v) is 2.54. The molecule has 1 saturated heterocycles. The molecule has 5 heteroatoms. The first-order chi connectivity index (χ1) is 9.22. The van der Waals surface area contributed by atoms with Crippen LogP contribution in [0.15, 0.2) is 12.4 Å². The highest BCUT2D eigenvalue weighted by Gasteiger charge is 2.23. The second kappa shape index (κ2) is 5.15. The van der Waals surface area contributed by atoms with Gasteiger partial charge in [-0.3, -0.25) is 4.79 Å². The molecule has 2 fully saturated rings. The van der Waals surface area contributed by atoms with Crippen LogP contribution in [0, 0.1) is 5.92 Å². The van der Waals surface area contributed by atoms with E-state index in [1.807, 2.05) is 4.90 Å². The van der Waals surface area contributed by atoms with Crippen molar-refractivity contribution < 1.29 is 4.79 Å². The van der Waals surface area contributed by atoms with Gasteiger partial charge in [-0.1, -0.05) is 0 Å². The van der Waals surface area contributed by atoms with Crippen LogP contribution >= 0.6 is 0 Å². The second-order valence-electron chi connectivity index (χ2n) is 5.51. The molecule has 0 spiro atoms. The largest absolute Gasteiger partial charge is 0.353 e. The van der Waals surface area contributed by atoms with Crippen molar-refractivity contribution >= 4 is 11.7 Å². The number of aromatic nitrogens is 2. The van der Waals surface area contributed by atoms with Gasteiger partial charge >= 0.3 is 0 Å². The zero-order valence-corrected chi connectivity index (χ0v) is 11.4. The van der Waals surface area contributed by atoms with Gasteiger partial charge in [-0.25, -0.2) is 9.97 Å². The number of hydrogen-bond acceptors (Lipinski definition) is 4. The quantitative estimate of drug-likeness (QED) is 0.816. The first-order valence-corrected chi connectivity index (χ1v) is 7.04. The van der Waals surface area contributed by atoms with Gasteiger partial charge in [-0.05, 0) is 25.2 Å². The fourth-order valence-electron chi connectivity index (χ4n) is 2.54. The molecule has 19 heavy (non-hydrogen) atoms. The van der Waals surface area contributed by atoms with E-state index in [1.165, 1.54) is 12.8 Å². The van der Waals surface area contributed by atoms with Gasteiger partial charge in [-0.2, -0.15) is 0 Å². The summed E-state index contributed by atoms with van der Waals surface area (Å²) in [6, 6.07) is 2.11. The lowest BCUT2D eigenvalue weighted by atomic mass is 10.2. The normalized spacial score (nSPS) is 19.6. The Bertz CT molecular complexity index is 464. The molecule has 5 nitrogen and oxygen atoms in total. The van der Waals surface area contributed by atoms with Gasteiger partial charge in [0.25, 0.3) is 0 Å². The standard InChI is InChI=1S/C14H20N4O/c1-11(19)17-4-6-18(7-5-17)14-9-13(15-10-16-14)8-12-2-3-12/h9-10,12H,2-8H2,1H3. The molecule has 2 aliphatic rings. The van der Waals surface area contributed by atoms with Crippen molar-refractivity contribution in [1.82, 2.24) is 14.9 Å². The maximum Gasteiger partial charge on any atom is 0.219 e. The van der Waals surface area contributed by atoms with E-state index in [9.17, 15) is 4.79 Å². The van der Waals surface area contributed by atoms with Crippen molar-refractivity contribution in [3.63, 3.8) is 0 Å². The second-order valence-corrected chi connectivity index (χ2v) is 5.51. The molecule has 1 amide bonds. The minimum atomic E-state index is 0.164. The number of nitrogens with zero attached hydrogens (tertiary/aromatic N) is 4. The number of piperazine rings is 1. The number of carbonyl (C=O) groups excluding carboxylic acids is 1. The van der Waals surface area contributed by atoms with Crippen molar-refractivity contribution in [3.8, 4) is 0 Å². The van der Waals surface area contributed by atoms with Crippen LogP contribution in [0.3, 0.4) is 0 Å². The molecular formula is C14H20N4O. The van der Waals surface area contributed by atoms with Crippen LogP contribution < -0.4 is 4.90 Å². The highest BCUT2D eigenvalue weighted by molar-refractivity contribution is 5.73. The number of anilines is 1. The topological polar surface area (TPSA) is 49.3 Å². The van der Waals surface area contributed by atoms with Gasteiger partial charge in [-0.15, -0.1) is 0 Å². The van der Waals surface area contributed by atoms with Crippen molar-refractivity contribution in [1.29, 1.82) is 0 Å². The summed E-state index contributed by atoms with van der Waals surface area (Å²) in [6.07, 6.45) is 5.45. The molecule has 1 aromatic rings. The highest BCUT2D eigenvalue weighted by Crippen LogP contribution is 2.32. The van der Waals surface area contributed by atoms with Crippen molar-refractivity contribution in [2.24, 2.45) is 5.92 Å². The van der Waals surface area contributed by atoms with E-state index >= 15 is 0 Å². The minimum Gasteiger partial charge on any atom is -0.353 e. The summed E-state index contributed by atoms with van der Waals surface area (Å²) in [7, 11) is 0. The lowest BCUT2D eigenvalue weighted by Crippen LogP contribution is -2.48. The smallest absolute Gasteiger partial charge is 0.219 e. The van der Waals surface area contributed by atoms with Crippen LogP contribution in [0.5, 0.6) is 0 Å². The van der Waals surface area contributed by atoms with E-state index in [1.54, 1.807) is 13.3 Å². The van der Waals surface area contributed by atoms with E-state index in [2.05, 4.69) is 20.9 Å². The van der Waals surface area contributed by atoms with E-state index in [4.69, 9.17) is 0 Å².